The Labute approximate surface area is 125 Å². The highest BCUT2D eigenvalue weighted by atomic mass is 19.4. The van der Waals surface area contributed by atoms with Crippen LogP contribution in [0.2, 0.25) is 0 Å². The molecule has 0 spiro atoms. The number of ether oxygens (including phenoxy) is 1. The number of carboxylic acids is 1. The van der Waals surface area contributed by atoms with E-state index in [1.54, 1.807) is 0 Å². The minimum absolute atomic E-state index is 0.360. The fourth-order valence-electron chi connectivity index (χ4n) is 2.26. The van der Waals surface area contributed by atoms with Crippen LogP contribution in [0.1, 0.15) is 15.9 Å². The zero-order valence-electron chi connectivity index (χ0n) is 11.8. The van der Waals surface area contributed by atoms with Gasteiger partial charge in [-0.15, -0.1) is 0 Å². The molecule has 1 fully saturated rings. The fraction of sp³-hybridized carbons (Fsp3) is 0.500. The van der Waals surface area contributed by atoms with Crippen molar-refractivity contribution < 1.29 is 27.8 Å². The van der Waals surface area contributed by atoms with Gasteiger partial charge in [-0.2, -0.15) is 13.2 Å². The number of anilines is 1. The van der Waals surface area contributed by atoms with Gasteiger partial charge >= 0.3 is 12.1 Å². The minimum Gasteiger partial charge on any atom is -0.478 e. The third-order valence-electron chi connectivity index (χ3n) is 3.42. The molecule has 0 unspecified atom stereocenters. The second-order valence-corrected chi connectivity index (χ2v) is 4.94. The molecule has 2 rings (SSSR count). The van der Waals surface area contributed by atoms with Crippen molar-refractivity contribution in [2.24, 2.45) is 0 Å². The van der Waals surface area contributed by atoms with Gasteiger partial charge in [-0.25, -0.2) is 4.79 Å². The number of halogens is 3. The number of hydrogen-bond acceptors (Lipinski definition) is 4. The quantitative estimate of drug-likeness (QED) is 0.871. The predicted octanol–water partition coefficient (Wildman–Crippen LogP) is 2.15. The van der Waals surface area contributed by atoms with Crippen molar-refractivity contribution >= 4 is 11.7 Å². The van der Waals surface area contributed by atoms with Gasteiger partial charge < -0.3 is 15.2 Å². The lowest BCUT2D eigenvalue weighted by atomic mass is 10.1. The van der Waals surface area contributed by atoms with Gasteiger partial charge in [-0.1, -0.05) is 0 Å². The molecule has 0 amide bonds. The van der Waals surface area contributed by atoms with Crippen LogP contribution in [-0.4, -0.2) is 55.4 Å². The molecule has 5 nitrogen and oxygen atoms in total. The number of carbonyl (C=O) groups is 1. The highest BCUT2D eigenvalue weighted by Gasteiger charge is 2.35. The van der Waals surface area contributed by atoms with E-state index in [-0.39, 0.29) is 0 Å². The van der Waals surface area contributed by atoms with Crippen molar-refractivity contribution in [3.8, 4) is 0 Å². The summed E-state index contributed by atoms with van der Waals surface area (Å²) in [6.45, 7) is 4.20. The van der Waals surface area contributed by atoms with E-state index in [0.29, 0.717) is 32.0 Å². The lowest BCUT2D eigenvalue weighted by Gasteiger charge is -2.26. The molecule has 8 heteroatoms. The molecule has 0 aliphatic carbocycles. The summed E-state index contributed by atoms with van der Waals surface area (Å²) in [5, 5.41) is 11.9. The first-order chi connectivity index (χ1) is 10.4. The van der Waals surface area contributed by atoms with Crippen molar-refractivity contribution in [3.63, 3.8) is 0 Å². The molecule has 1 aromatic carbocycles. The average molecular weight is 318 g/mol. The maximum absolute atomic E-state index is 12.7. The highest BCUT2D eigenvalue weighted by Crippen LogP contribution is 2.33. The fourth-order valence-corrected chi connectivity index (χ4v) is 2.26. The second kappa shape index (κ2) is 6.97. The number of morpholine rings is 1. The molecule has 1 aliphatic rings. The number of carboxylic acid groups (broad SMARTS) is 1. The van der Waals surface area contributed by atoms with Gasteiger partial charge in [-0.05, 0) is 18.2 Å². The van der Waals surface area contributed by atoms with Crippen molar-refractivity contribution in [2.75, 3.05) is 44.7 Å². The monoisotopic (exact) mass is 318 g/mol. The van der Waals surface area contributed by atoms with Crippen LogP contribution in [0.5, 0.6) is 0 Å². The van der Waals surface area contributed by atoms with Crippen molar-refractivity contribution in [1.29, 1.82) is 0 Å². The van der Waals surface area contributed by atoms with Crippen LogP contribution in [0.25, 0.3) is 0 Å². The Morgan fingerprint density at radius 3 is 2.59 bits per heavy atom. The lowest BCUT2D eigenvalue weighted by Crippen LogP contribution is -2.39. The molecule has 2 N–H and O–H groups in total. The average Bonchev–Trinajstić information content (AvgIpc) is 2.47. The molecule has 0 aromatic heterocycles. The van der Waals surface area contributed by atoms with Gasteiger partial charge in [0.1, 0.15) is 0 Å². The van der Waals surface area contributed by atoms with E-state index in [1.807, 2.05) is 0 Å². The second-order valence-electron chi connectivity index (χ2n) is 4.94. The third kappa shape index (κ3) is 4.35. The van der Waals surface area contributed by atoms with Crippen molar-refractivity contribution in [1.82, 2.24) is 4.90 Å². The minimum atomic E-state index is -4.68. The topological polar surface area (TPSA) is 61.8 Å². The van der Waals surface area contributed by atoms with E-state index >= 15 is 0 Å². The van der Waals surface area contributed by atoms with E-state index in [9.17, 15) is 18.0 Å². The molecular formula is C14H17F3N2O3. The van der Waals surface area contributed by atoms with Crippen LogP contribution >= 0.6 is 0 Å². The molecular weight excluding hydrogens is 301 g/mol. The van der Waals surface area contributed by atoms with Gasteiger partial charge in [0, 0.05) is 31.9 Å². The summed E-state index contributed by atoms with van der Waals surface area (Å²) in [4.78, 5) is 13.2. The maximum Gasteiger partial charge on any atom is 0.417 e. The van der Waals surface area contributed by atoms with Gasteiger partial charge in [0.15, 0.2) is 0 Å². The first-order valence-corrected chi connectivity index (χ1v) is 6.86. The first-order valence-electron chi connectivity index (χ1n) is 6.86. The number of nitrogens with zero attached hydrogens (tertiary/aromatic N) is 1. The summed E-state index contributed by atoms with van der Waals surface area (Å²) in [5.41, 5.74) is -1.53. The summed E-state index contributed by atoms with van der Waals surface area (Å²) in [7, 11) is 0. The number of nitrogens with one attached hydrogen (secondary N) is 1. The molecule has 1 aliphatic heterocycles. The number of benzene rings is 1. The van der Waals surface area contributed by atoms with Crippen LogP contribution < -0.4 is 5.32 Å². The lowest BCUT2D eigenvalue weighted by molar-refractivity contribution is -0.138. The summed E-state index contributed by atoms with van der Waals surface area (Å²) in [6, 6.07) is 3.06. The van der Waals surface area contributed by atoms with Crippen LogP contribution in [-0.2, 0) is 10.9 Å². The van der Waals surface area contributed by atoms with Crippen LogP contribution in [0.4, 0.5) is 18.9 Å². The largest absolute Gasteiger partial charge is 0.478 e. The molecule has 0 atom stereocenters. The summed E-state index contributed by atoms with van der Waals surface area (Å²) >= 11 is 0. The van der Waals surface area contributed by atoms with Gasteiger partial charge in [-0.3, -0.25) is 4.90 Å². The SMILES string of the molecule is O=C(O)c1cc(NCCN2CCOCC2)ccc1C(F)(F)F. The van der Waals surface area contributed by atoms with E-state index in [0.717, 1.165) is 25.2 Å². The molecule has 0 bridgehead atoms. The number of rotatable bonds is 5. The molecule has 122 valence electrons. The zero-order valence-corrected chi connectivity index (χ0v) is 11.8. The standard InChI is InChI=1S/C14H17F3N2O3/c15-14(16,17)12-2-1-10(9-11(12)13(20)21)18-3-4-19-5-7-22-8-6-19/h1-2,9,18H,3-8H2,(H,20,21). The van der Waals surface area contributed by atoms with Gasteiger partial charge in [0.05, 0.1) is 24.3 Å². The Morgan fingerprint density at radius 2 is 2.00 bits per heavy atom. The Morgan fingerprint density at radius 1 is 1.32 bits per heavy atom. The summed E-state index contributed by atoms with van der Waals surface area (Å²) in [5.74, 6) is -1.59. The van der Waals surface area contributed by atoms with Gasteiger partial charge in [0.2, 0.25) is 0 Å². The molecule has 1 heterocycles. The number of hydrogen-bond donors (Lipinski definition) is 2. The highest BCUT2D eigenvalue weighted by molar-refractivity contribution is 5.91. The third-order valence-corrected chi connectivity index (χ3v) is 3.42. The van der Waals surface area contributed by atoms with Crippen LogP contribution in [0.3, 0.4) is 0 Å². The molecule has 22 heavy (non-hydrogen) atoms. The van der Waals surface area contributed by atoms with E-state index < -0.39 is 23.3 Å². The Hall–Kier alpha value is -1.80. The van der Waals surface area contributed by atoms with E-state index in [4.69, 9.17) is 9.84 Å². The van der Waals surface area contributed by atoms with Crippen molar-refractivity contribution in [2.45, 2.75) is 6.18 Å². The maximum atomic E-state index is 12.7. The zero-order chi connectivity index (χ0) is 16.2. The Balaban J connectivity index is 1.99. The van der Waals surface area contributed by atoms with Gasteiger partial charge in [0.25, 0.3) is 0 Å². The first kappa shape index (κ1) is 16.6. The molecule has 1 saturated heterocycles. The molecule has 1 aromatic rings. The van der Waals surface area contributed by atoms with Crippen LogP contribution in [0, 0.1) is 0 Å². The van der Waals surface area contributed by atoms with E-state index in [2.05, 4.69) is 10.2 Å². The molecule has 0 radical (unpaired) electrons. The summed E-state index contributed by atoms with van der Waals surface area (Å²) in [6.07, 6.45) is -4.68. The number of aromatic carboxylic acids is 1. The Bertz CT molecular complexity index is 529. The smallest absolute Gasteiger partial charge is 0.417 e. The van der Waals surface area contributed by atoms with E-state index in [1.165, 1.54) is 6.07 Å². The van der Waals surface area contributed by atoms with Crippen LogP contribution in [0.15, 0.2) is 18.2 Å². The number of alkyl halides is 3. The van der Waals surface area contributed by atoms with Crippen molar-refractivity contribution in [3.05, 3.63) is 29.3 Å². The predicted molar refractivity (Wildman–Crippen MR) is 74.2 cm³/mol. The normalized spacial score (nSPS) is 16.5. The summed E-state index contributed by atoms with van der Waals surface area (Å²) < 4.78 is 43.4. The Kier molecular flexibility index (Phi) is 5.25. The molecule has 0 saturated carbocycles.